The van der Waals surface area contributed by atoms with Crippen molar-refractivity contribution in [3.05, 3.63) is 65.4 Å². The quantitative estimate of drug-likeness (QED) is 0.362. The van der Waals surface area contributed by atoms with Crippen LogP contribution in [0.2, 0.25) is 0 Å². The van der Waals surface area contributed by atoms with Crippen molar-refractivity contribution in [3.8, 4) is 11.8 Å². The largest absolute Gasteiger partial charge is 0.496 e. The topological polar surface area (TPSA) is 72.4 Å². The Morgan fingerprint density at radius 2 is 1.97 bits per heavy atom. The zero-order valence-corrected chi connectivity index (χ0v) is 21.8. The molecule has 8 heteroatoms. The molecule has 1 saturated heterocycles. The molecule has 1 aliphatic heterocycles. The first-order valence-electron chi connectivity index (χ1n) is 12.8. The minimum absolute atomic E-state index is 0.0251. The predicted octanol–water partition coefficient (Wildman–Crippen LogP) is 6.02. The number of rotatable bonds is 10. The summed E-state index contributed by atoms with van der Waals surface area (Å²) >= 11 is 0. The third-order valence-corrected chi connectivity index (χ3v) is 6.52. The van der Waals surface area contributed by atoms with Crippen molar-refractivity contribution in [1.82, 2.24) is 14.8 Å². The summed E-state index contributed by atoms with van der Waals surface area (Å²) in [6.45, 7) is 7.60. The van der Waals surface area contributed by atoms with Crippen molar-refractivity contribution in [2.75, 3.05) is 33.3 Å². The van der Waals surface area contributed by atoms with Gasteiger partial charge < -0.3 is 14.6 Å². The number of amides is 1. The summed E-state index contributed by atoms with van der Waals surface area (Å²) in [6.07, 6.45) is 1.19. The summed E-state index contributed by atoms with van der Waals surface area (Å²) in [5.74, 6) is 0.921. The highest BCUT2D eigenvalue weighted by Gasteiger charge is 2.30. The molecule has 1 fully saturated rings. The Kier molecular flexibility index (Phi) is 10.5. The van der Waals surface area contributed by atoms with E-state index in [1.54, 1.807) is 24.1 Å². The number of alkyl halides is 2. The van der Waals surface area contributed by atoms with Gasteiger partial charge in [-0.05, 0) is 62.7 Å². The molecule has 4 rings (SSSR count). The van der Waals surface area contributed by atoms with Crippen molar-refractivity contribution in [2.45, 2.75) is 46.1 Å². The Balaban J connectivity index is 0.000000231. The number of hydrogen-bond acceptors (Lipinski definition) is 4. The number of nitrogens with zero attached hydrogens (tertiary/aromatic N) is 3. The molecule has 1 aliphatic rings. The number of aromatic nitrogens is 1. The monoisotopic (exact) mass is 510 g/mol. The molecule has 0 radical (unpaired) electrons. The van der Waals surface area contributed by atoms with Gasteiger partial charge in [-0.3, -0.25) is 9.69 Å². The van der Waals surface area contributed by atoms with Crippen LogP contribution in [0.1, 0.15) is 47.7 Å². The van der Waals surface area contributed by atoms with Gasteiger partial charge in [-0.15, -0.1) is 0 Å². The van der Waals surface area contributed by atoms with E-state index in [1.807, 2.05) is 30.5 Å². The lowest BCUT2D eigenvalue weighted by molar-refractivity contribution is 0.0577. The van der Waals surface area contributed by atoms with Crippen LogP contribution >= 0.6 is 0 Å². The van der Waals surface area contributed by atoms with Crippen LogP contribution in [0.4, 0.5) is 8.78 Å². The second kappa shape index (κ2) is 13.8. The van der Waals surface area contributed by atoms with Gasteiger partial charge in [0.05, 0.1) is 19.1 Å². The van der Waals surface area contributed by atoms with Gasteiger partial charge in [0.2, 0.25) is 6.43 Å². The second-order valence-electron chi connectivity index (χ2n) is 9.35. The first-order chi connectivity index (χ1) is 17.9. The molecule has 1 aromatic heterocycles. The Hall–Kier alpha value is -3.44. The summed E-state index contributed by atoms with van der Waals surface area (Å²) in [5.41, 5.74) is 4.08. The number of methoxy groups -OCH3 is 1. The van der Waals surface area contributed by atoms with Gasteiger partial charge >= 0.3 is 0 Å². The van der Waals surface area contributed by atoms with Crippen LogP contribution in [0.5, 0.6) is 5.75 Å². The third kappa shape index (κ3) is 7.53. The number of hydrogen-bond donors (Lipinski definition) is 1. The molecule has 0 saturated carbocycles. The van der Waals surface area contributed by atoms with Crippen LogP contribution in [0.3, 0.4) is 0 Å². The number of H-pyrrole nitrogens is 1. The normalized spacial score (nSPS) is 13.3. The molecule has 0 aliphatic carbocycles. The maximum Gasteiger partial charge on any atom is 0.253 e. The van der Waals surface area contributed by atoms with E-state index in [0.29, 0.717) is 31.6 Å². The highest BCUT2D eigenvalue weighted by atomic mass is 19.3. The number of aryl methyl sites for hydroxylation is 1. The molecule has 0 bridgehead atoms. The summed E-state index contributed by atoms with van der Waals surface area (Å²) in [5, 5.41) is 9.72. The minimum atomic E-state index is -2.22. The van der Waals surface area contributed by atoms with Crippen molar-refractivity contribution >= 4 is 16.8 Å². The average molecular weight is 511 g/mol. The molecule has 2 heterocycles. The van der Waals surface area contributed by atoms with Crippen LogP contribution in [0.25, 0.3) is 10.9 Å². The number of likely N-dealkylation sites (tertiary alicyclic amines) is 1. The molecule has 1 N–H and O–H groups in total. The maximum absolute atomic E-state index is 12.4. The molecule has 1 amide bonds. The zero-order chi connectivity index (χ0) is 26.8. The van der Waals surface area contributed by atoms with Gasteiger partial charge in [0, 0.05) is 54.3 Å². The summed E-state index contributed by atoms with van der Waals surface area (Å²) in [6, 6.07) is 15.4. The molecule has 0 spiro atoms. The van der Waals surface area contributed by atoms with Crippen LogP contribution in [-0.2, 0) is 6.54 Å². The number of carbonyl (C=O) groups is 1. The average Bonchev–Trinajstić information content (AvgIpc) is 3.36. The van der Waals surface area contributed by atoms with Crippen LogP contribution in [-0.4, -0.2) is 60.4 Å². The fraction of sp³-hybridized carbons (Fsp3) is 0.448. The standard InChI is InChI=1S/C18H26F2N2O.C11H10N2O/c1-4-9-22(10-5-6-17(19)20)12-15-14-7-8-21-18(14)13(2)11-16(15)23-3;12-6-9-7-13(8-9)11(14)10-4-2-1-3-5-10/h7-8,11,17,21H,4-6,9-10,12H2,1-3H3;1-5,9H,7-8H2. The number of carbonyl (C=O) groups excluding carboxylic acids is 1. The molecule has 6 nitrogen and oxygen atoms in total. The van der Waals surface area contributed by atoms with E-state index in [2.05, 4.69) is 35.9 Å². The lowest BCUT2D eigenvalue weighted by Crippen LogP contribution is -2.49. The van der Waals surface area contributed by atoms with Crippen molar-refractivity contribution < 1.29 is 18.3 Å². The summed E-state index contributed by atoms with van der Waals surface area (Å²) < 4.78 is 30.3. The van der Waals surface area contributed by atoms with E-state index >= 15 is 0 Å². The molecule has 0 atom stereocenters. The fourth-order valence-electron chi connectivity index (χ4n) is 4.55. The van der Waals surface area contributed by atoms with Gasteiger partial charge in [-0.25, -0.2) is 8.78 Å². The minimum Gasteiger partial charge on any atom is -0.496 e. The number of aromatic amines is 1. The van der Waals surface area contributed by atoms with E-state index in [-0.39, 0.29) is 18.2 Å². The number of benzene rings is 2. The maximum atomic E-state index is 12.4. The molecular weight excluding hydrogens is 474 g/mol. The van der Waals surface area contributed by atoms with Gasteiger partial charge in [-0.2, -0.15) is 5.26 Å². The third-order valence-electron chi connectivity index (χ3n) is 6.52. The van der Waals surface area contributed by atoms with Crippen molar-refractivity contribution in [1.29, 1.82) is 5.26 Å². The van der Waals surface area contributed by atoms with E-state index < -0.39 is 6.43 Å². The Morgan fingerprint density at radius 3 is 2.59 bits per heavy atom. The van der Waals surface area contributed by atoms with Gasteiger partial charge in [-0.1, -0.05) is 25.1 Å². The molecule has 37 heavy (non-hydrogen) atoms. The highest BCUT2D eigenvalue weighted by Crippen LogP contribution is 2.31. The molecule has 198 valence electrons. The first kappa shape index (κ1) is 28.1. The number of nitrogens with one attached hydrogen (secondary N) is 1. The Morgan fingerprint density at radius 1 is 1.24 bits per heavy atom. The van der Waals surface area contributed by atoms with Gasteiger partial charge in [0.25, 0.3) is 5.91 Å². The van der Waals surface area contributed by atoms with Crippen LogP contribution < -0.4 is 4.74 Å². The molecule has 3 aromatic rings. The first-order valence-corrected chi connectivity index (χ1v) is 12.8. The van der Waals surface area contributed by atoms with Gasteiger partial charge in [0.1, 0.15) is 5.75 Å². The van der Waals surface area contributed by atoms with Crippen LogP contribution in [0.15, 0.2) is 48.7 Å². The number of nitriles is 1. The van der Waals surface area contributed by atoms with Crippen LogP contribution in [0, 0.1) is 24.2 Å². The van der Waals surface area contributed by atoms with E-state index in [0.717, 1.165) is 47.3 Å². The van der Waals surface area contributed by atoms with E-state index in [1.165, 1.54) is 0 Å². The second-order valence-corrected chi connectivity index (χ2v) is 9.35. The molecule has 0 unspecified atom stereocenters. The predicted molar refractivity (Wildman–Crippen MR) is 142 cm³/mol. The summed E-state index contributed by atoms with van der Waals surface area (Å²) in [7, 11) is 1.68. The van der Waals surface area contributed by atoms with Crippen molar-refractivity contribution in [3.63, 3.8) is 0 Å². The smallest absolute Gasteiger partial charge is 0.253 e. The SMILES string of the molecule is CCCN(CCCC(F)F)Cc1c(OC)cc(C)c2[nH]ccc12.N#CC1CN(C(=O)c2ccccc2)C1. The Labute approximate surface area is 217 Å². The lowest BCUT2D eigenvalue weighted by Gasteiger charge is -2.35. The number of ether oxygens (including phenoxy) is 1. The van der Waals surface area contributed by atoms with E-state index in [9.17, 15) is 13.6 Å². The Bertz CT molecular complexity index is 1180. The zero-order valence-electron chi connectivity index (χ0n) is 21.8. The summed E-state index contributed by atoms with van der Waals surface area (Å²) in [4.78, 5) is 18.9. The number of halogens is 2. The molecular formula is C29H36F2N4O2. The van der Waals surface area contributed by atoms with Crippen molar-refractivity contribution in [2.24, 2.45) is 5.92 Å². The fourth-order valence-corrected chi connectivity index (χ4v) is 4.55. The molecule has 2 aromatic carbocycles. The van der Waals surface area contributed by atoms with Gasteiger partial charge in [0.15, 0.2) is 0 Å². The lowest BCUT2D eigenvalue weighted by atomic mass is 10.0. The highest BCUT2D eigenvalue weighted by molar-refractivity contribution is 5.94. The number of fused-ring (bicyclic) bond motifs is 1. The van der Waals surface area contributed by atoms with E-state index in [4.69, 9.17) is 10.00 Å².